The molecule has 1 fully saturated rings. The van der Waals surface area contributed by atoms with E-state index in [0.29, 0.717) is 18.0 Å². The second-order valence-corrected chi connectivity index (χ2v) is 5.56. The van der Waals surface area contributed by atoms with Gasteiger partial charge in [0.25, 0.3) is 0 Å². The van der Waals surface area contributed by atoms with Gasteiger partial charge in [0.15, 0.2) is 0 Å². The summed E-state index contributed by atoms with van der Waals surface area (Å²) in [5, 5.41) is 10.1. The molecule has 1 aliphatic rings. The Labute approximate surface area is 108 Å². The number of benzene rings is 1. The summed E-state index contributed by atoms with van der Waals surface area (Å²) in [6.45, 7) is 2.77. The summed E-state index contributed by atoms with van der Waals surface area (Å²) in [6, 6.07) is 7.00. The maximum Gasteiger partial charge on any atom is 0.127 e. The molecule has 18 heavy (non-hydrogen) atoms. The highest BCUT2D eigenvalue weighted by Gasteiger charge is 2.30. The highest BCUT2D eigenvalue weighted by Crippen LogP contribution is 2.28. The first-order valence-corrected chi connectivity index (χ1v) is 6.69. The van der Waals surface area contributed by atoms with E-state index in [2.05, 4.69) is 11.8 Å². The van der Waals surface area contributed by atoms with Gasteiger partial charge in [-0.2, -0.15) is 0 Å². The number of nitrogens with zero attached hydrogens (tertiary/aromatic N) is 1. The maximum absolute atomic E-state index is 13.6. The molecule has 3 heteroatoms. The molecule has 1 aromatic carbocycles. The maximum atomic E-state index is 13.6. The highest BCUT2D eigenvalue weighted by molar-refractivity contribution is 5.17. The zero-order chi connectivity index (χ0) is 13.1. The topological polar surface area (TPSA) is 23.5 Å². The summed E-state index contributed by atoms with van der Waals surface area (Å²) >= 11 is 0. The second-order valence-electron chi connectivity index (χ2n) is 5.56. The summed E-state index contributed by atoms with van der Waals surface area (Å²) in [6.07, 6.45) is 2.66. The largest absolute Gasteiger partial charge is 0.391 e. The van der Waals surface area contributed by atoms with Gasteiger partial charge < -0.3 is 5.11 Å². The third-order valence-corrected chi connectivity index (χ3v) is 3.99. The molecule has 0 amide bonds. The summed E-state index contributed by atoms with van der Waals surface area (Å²) in [4.78, 5) is 2.08. The van der Waals surface area contributed by atoms with Crippen molar-refractivity contribution in [2.75, 3.05) is 7.05 Å². The van der Waals surface area contributed by atoms with Crippen molar-refractivity contribution in [3.8, 4) is 0 Å². The number of aliphatic hydroxyl groups excluding tert-OH is 1. The van der Waals surface area contributed by atoms with Gasteiger partial charge in [-0.15, -0.1) is 0 Å². The van der Waals surface area contributed by atoms with Crippen molar-refractivity contribution in [3.05, 3.63) is 35.6 Å². The third kappa shape index (κ3) is 3.09. The Bertz CT molecular complexity index is 396. The molecule has 0 aliphatic heterocycles. The molecule has 0 spiro atoms. The minimum atomic E-state index is -0.280. The minimum absolute atomic E-state index is 0.147. The lowest BCUT2D eigenvalue weighted by Crippen LogP contribution is -2.44. The fourth-order valence-electron chi connectivity index (χ4n) is 2.82. The van der Waals surface area contributed by atoms with Gasteiger partial charge >= 0.3 is 0 Å². The van der Waals surface area contributed by atoms with Crippen molar-refractivity contribution < 1.29 is 9.50 Å². The molecular weight excluding hydrogens is 229 g/mol. The molecule has 1 aliphatic carbocycles. The normalized spacial score (nSPS) is 28.6. The predicted molar refractivity (Wildman–Crippen MR) is 70.7 cm³/mol. The predicted octanol–water partition coefficient (Wildman–Crippen LogP) is 2.81. The van der Waals surface area contributed by atoms with Crippen LogP contribution < -0.4 is 0 Å². The summed E-state index contributed by atoms with van der Waals surface area (Å²) < 4.78 is 13.6. The fourth-order valence-corrected chi connectivity index (χ4v) is 2.82. The van der Waals surface area contributed by atoms with E-state index in [1.165, 1.54) is 6.07 Å². The molecule has 3 unspecified atom stereocenters. The van der Waals surface area contributed by atoms with Crippen LogP contribution in [0, 0.1) is 11.7 Å². The van der Waals surface area contributed by atoms with Gasteiger partial charge in [0.1, 0.15) is 5.82 Å². The number of hydrogen-bond acceptors (Lipinski definition) is 2. The average Bonchev–Trinajstić information content (AvgIpc) is 2.35. The number of hydrogen-bond donors (Lipinski definition) is 1. The van der Waals surface area contributed by atoms with Crippen LogP contribution in [0.3, 0.4) is 0 Å². The first-order valence-electron chi connectivity index (χ1n) is 6.69. The van der Waals surface area contributed by atoms with Crippen LogP contribution in [-0.2, 0) is 6.54 Å². The molecule has 1 aromatic rings. The van der Waals surface area contributed by atoms with Crippen molar-refractivity contribution in [3.63, 3.8) is 0 Å². The molecule has 2 rings (SSSR count). The monoisotopic (exact) mass is 251 g/mol. The van der Waals surface area contributed by atoms with Crippen molar-refractivity contribution in [2.45, 2.75) is 44.9 Å². The lowest BCUT2D eigenvalue weighted by molar-refractivity contribution is 0.0136. The molecule has 2 nitrogen and oxygen atoms in total. The van der Waals surface area contributed by atoms with E-state index in [1.807, 2.05) is 19.2 Å². The third-order valence-electron chi connectivity index (χ3n) is 3.99. The van der Waals surface area contributed by atoms with Crippen molar-refractivity contribution >= 4 is 0 Å². The van der Waals surface area contributed by atoms with Gasteiger partial charge in [-0.3, -0.25) is 4.90 Å². The molecule has 100 valence electrons. The zero-order valence-corrected chi connectivity index (χ0v) is 11.1. The molecule has 1 saturated carbocycles. The van der Waals surface area contributed by atoms with Crippen LogP contribution in [-0.4, -0.2) is 29.2 Å². The summed E-state index contributed by atoms with van der Waals surface area (Å²) in [5.74, 6) is 0.476. The van der Waals surface area contributed by atoms with Gasteiger partial charge in [0, 0.05) is 18.2 Å². The van der Waals surface area contributed by atoms with Gasteiger partial charge in [0.05, 0.1) is 6.10 Å². The first kappa shape index (κ1) is 13.5. The average molecular weight is 251 g/mol. The van der Waals surface area contributed by atoms with Gasteiger partial charge in [0.2, 0.25) is 0 Å². The number of likely N-dealkylation sites (N-methyl/N-ethyl adjacent to an activating group) is 1. The molecule has 0 saturated heterocycles. The van der Waals surface area contributed by atoms with Crippen molar-refractivity contribution in [2.24, 2.45) is 5.92 Å². The lowest BCUT2D eigenvalue weighted by Gasteiger charge is -2.38. The Balaban J connectivity index is 2.03. The van der Waals surface area contributed by atoms with E-state index in [4.69, 9.17) is 0 Å². The quantitative estimate of drug-likeness (QED) is 0.893. The highest BCUT2D eigenvalue weighted by atomic mass is 19.1. The lowest BCUT2D eigenvalue weighted by atomic mass is 9.84. The van der Waals surface area contributed by atoms with Crippen LogP contribution in [0.4, 0.5) is 4.39 Å². The van der Waals surface area contributed by atoms with E-state index >= 15 is 0 Å². The SMILES string of the molecule is CC1CCC(O)C(N(C)Cc2ccccc2F)C1. The second kappa shape index (κ2) is 5.81. The number of rotatable bonds is 3. The number of aliphatic hydroxyl groups is 1. The van der Waals surface area contributed by atoms with Crippen molar-refractivity contribution in [1.29, 1.82) is 0 Å². The number of halogens is 1. The molecule has 0 heterocycles. The Morgan fingerprint density at radius 1 is 1.33 bits per heavy atom. The summed E-state index contributed by atoms with van der Waals surface area (Å²) in [5.41, 5.74) is 0.699. The molecule has 3 atom stereocenters. The van der Waals surface area contributed by atoms with E-state index in [0.717, 1.165) is 19.3 Å². The van der Waals surface area contributed by atoms with Crippen LogP contribution in [0.15, 0.2) is 24.3 Å². The molecule has 0 aromatic heterocycles. The Morgan fingerprint density at radius 3 is 2.78 bits per heavy atom. The Morgan fingerprint density at radius 2 is 2.06 bits per heavy atom. The van der Waals surface area contributed by atoms with Crippen molar-refractivity contribution in [1.82, 2.24) is 4.90 Å². The van der Waals surface area contributed by atoms with Gasteiger partial charge in [-0.05, 0) is 38.3 Å². The standard InChI is InChI=1S/C15H22FNO/c1-11-7-8-15(18)14(9-11)17(2)10-12-5-3-4-6-13(12)16/h3-6,11,14-15,18H,7-10H2,1-2H3. The van der Waals surface area contributed by atoms with E-state index in [1.54, 1.807) is 6.07 Å². The molecule has 1 N–H and O–H groups in total. The van der Waals surface area contributed by atoms with Crippen LogP contribution in [0.25, 0.3) is 0 Å². The van der Waals surface area contributed by atoms with Crippen LogP contribution in [0.2, 0.25) is 0 Å². The minimum Gasteiger partial charge on any atom is -0.391 e. The summed E-state index contributed by atoms with van der Waals surface area (Å²) in [7, 11) is 1.97. The molecular formula is C15H22FNO. The van der Waals surface area contributed by atoms with Crippen LogP contribution >= 0.6 is 0 Å². The van der Waals surface area contributed by atoms with Gasteiger partial charge in [-0.1, -0.05) is 25.1 Å². The van der Waals surface area contributed by atoms with E-state index in [9.17, 15) is 9.50 Å². The zero-order valence-electron chi connectivity index (χ0n) is 11.1. The van der Waals surface area contributed by atoms with Gasteiger partial charge in [-0.25, -0.2) is 4.39 Å². The smallest absolute Gasteiger partial charge is 0.127 e. The fraction of sp³-hybridized carbons (Fsp3) is 0.600. The Hall–Kier alpha value is -0.930. The first-order chi connectivity index (χ1) is 8.58. The molecule has 0 bridgehead atoms. The van der Waals surface area contributed by atoms with Crippen LogP contribution in [0.5, 0.6) is 0 Å². The molecule has 0 radical (unpaired) electrons. The van der Waals surface area contributed by atoms with E-state index < -0.39 is 0 Å². The van der Waals surface area contributed by atoms with E-state index in [-0.39, 0.29) is 18.0 Å². The Kier molecular flexibility index (Phi) is 4.36. The van der Waals surface area contributed by atoms with Crippen LogP contribution in [0.1, 0.15) is 31.7 Å².